The number of aromatic nitrogens is 1. The van der Waals surface area contributed by atoms with Crippen LogP contribution in [0.4, 0.5) is 5.13 Å². The van der Waals surface area contributed by atoms with Gasteiger partial charge in [-0.05, 0) is 12.8 Å². The highest BCUT2D eigenvalue weighted by atomic mass is 32.1. The van der Waals surface area contributed by atoms with Crippen LogP contribution in [0, 0.1) is 5.92 Å². The number of aliphatic carboxylic acids is 1. The van der Waals surface area contributed by atoms with Gasteiger partial charge >= 0.3 is 5.97 Å². The molecule has 1 aliphatic rings. The van der Waals surface area contributed by atoms with Gasteiger partial charge in [-0.3, -0.25) is 14.4 Å². The molecule has 20 heavy (non-hydrogen) atoms. The molecule has 2 N–H and O–H groups in total. The first-order valence-electron chi connectivity index (χ1n) is 6.22. The number of carboxylic acids is 1. The number of carbonyl (C=O) groups excluding carboxylic acids is 2. The number of anilines is 1. The van der Waals surface area contributed by atoms with Gasteiger partial charge in [-0.15, -0.1) is 11.3 Å². The number of thiazole rings is 1. The van der Waals surface area contributed by atoms with E-state index in [0.29, 0.717) is 31.1 Å². The van der Waals surface area contributed by atoms with Crippen molar-refractivity contribution >= 4 is 34.3 Å². The number of hydrogen-bond donors (Lipinski definition) is 2. The van der Waals surface area contributed by atoms with Gasteiger partial charge in [0.15, 0.2) is 5.13 Å². The van der Waals surface area contributed by atoms with Gasteiger partial charge in [0.25, 0.3) is 5.91 Å². The highest BCUT2D eigenvalue weighted by Gasteiger charge is 2.28. The topological polar surface area (TPSA) is 99.6 Å². The van der Waals surface area contributed by atoms with Gasteiger partial charge in [0, 0.05) is 25.4 Å². The van der Waals surface area contributed by atoms with Crippen LogP contribution in [-0.2, 0) is 9.59 Å². The summed E-state index contributed by atoms with van der Waals surface area (Å²) in [7, 11) is 0. The van der Waals surface area contributed by atoms with E-state index in [1.807, 2.05) is 0 Å². The first-order chi connectivity index (χ1) is 9.47. The maximum atomic E-state index is 12.2. The predicted octanol–water partition coefficient (Wildman–Crippen LogP) is 1.04. The summed E-state index contributed by atoms with van der Waals surface area (Å²) in [4.78, 5) is 39.6. The number of nitrogens with one attached hydrogen (secondary N) is 1. The van der Waals surface area contributed by atoms with Crippen molar-refractivity contribution < 1.29 is 19.5 Å². The van der Waals surface area contributed by atoms with Crippen molar-refractivity contribution in [1.82, 2.24) is 9.88 Å². The van der Waals surface area contributed by atoms with Crippen LogP contribution in [0.1, 0.15) is 30.3 Å². The molecule has 0 radical (unpaired) electrons. The maximum absolute atomic E-state index is 12.2. The maximum Gasteiger partial charge on any atom is 0.306 e. The van der Waals surface area contributed by atoms with Crippen molar-refractivity contribution in [2.45, 2.75) is 19.8 Å². The molecule has 1 aromatic heterocycles. The standard InChI is InChI=1S/C12H15N3O4S/c1-7(16)13-12-14-9(6-20-12)10(17)15-4-2-8(3-5-15)11(18)19/h6,8H,2-5H2,1H3,(H,18,19)(H,13,14,16). The van der Waals surface area contributed by atoms with Crippen molar-refractivity contribution in [1.29, 1.82) is 0 Å². The summed E-state index contributed by atoms with van der Waals surface area (Å²) >= 11 is 1.19. The molecular formula is C12H15N3O4S. The van der Waals surface area contributed by atoms with E-state index in [2.05, 4.69) is 10.3 Å². The first kappa shape index (κ1) is 14.4. The highest BCUT2D eigenvalue weighted by molar-refractivity contribution is 7.14. The van der Waals surface area contributed by atoms with Crippen molar-refractivity contribution in [3.63, 3.8) is 0 Å². The molecule has 2 rings (SSSR count). The first-order valence-corrected chi connectivity index (χ1v) is 7.10. The average molecular weight is 297 g/mol. The van der Waals surface area contributed by atoms with Gasteiger partial charge in [-0.2, -0.15) is 0 Å². The minimum Gasteiger partial charge on any atom is -0.481 e. The van der Waals surface area contributed by atoms with E-state index in [4.69, 9.17) is 5.11 Å². The molecule has 0 aromatic carbocycles. The molecule has 2 amide bonds. The molecule has 1 fully saturated rings. The summed E-state index contributed by atoms with van der Waals surface area (Å²) in [6.07, 6.45) is 0.924. The van der Waals surface area contributed by atoms with Crippen LogP contribution in [0.2, 0.25) is 0 Å². The van der Waals surface area contributed by atoms with Crippen LogP contribution in [0.3, 0.4) is 0 Å². The minimum absolute atomic E-state index is 0.221. The largest absolute Gasteiger partial charge is 0.481 e. The van der Waals surface area contributed by atoms with Crippen LogP contribution in [0.15, 0.2) is 5.38 Å². The lowest BCUT2D eigenvalue weighted by Crippen LogP contribution is -2.40. The number of carboxylic acid groups (broad SMARTS) is 1. The van der Waals surface area contributed by atoms with Crippen LogP contribution in [-0.4, -0.2) is 45.9 Å². The van der Waals surface area contributed by atoms with Crippen molar-refractivity contribution in [2.24, 2.45) is 5.92 Å². The monoisotopic (exact) mass is 297 g/mol. The lowest BCUT2D eigenvalue weighted by molar-refractivity contribution is -0.143. The third kappa shape index (κ3) is 3.32. The van der Waals surface area contributed by atoms with Crippen LogP contribution < -0.4 is 5.32 Å². The van der Waals surface area contributed by atoms with E-state index in [1.165, 1.54) is 18.3 Å². The Morgan fingerprint density at radius 1 is 1.40 bits per heavy atom. The van der Waals surface area contributed by atoms with Gasteiger partial charge in [-0.25, -0.2) is 4.98 Å². The third-order valence-electron chi connectivity index (χ3n) is 3.14. The fraction of sp³-hybridized carbons (Fsp3) is 0.500. The zero-order valence-corrected chi connectivity index (χ0v) is 11.8. The van der Waals surface area contributed by atoms with E-state index < -0.39 is 5.97 Å². The van der Waals surface area contributed by atoms with Gasteiger partial charge in [0.2, 0.25) is 5.91 Å². The summed E-state index contributed by atoms with van der Waals surface area (Å²) in [6, 6.07) is 0. The summed E-state index contributed by atoms with van der Waals surface area (Å²) in [5.74, 6) is -1.63. The molecule has 0 spiro atoms. The number of nitrogens with zero attached hydrogens (tertiary/aromatic N) is 2. The molecule has 1 saturated heterocycles. The number of piperidine rings is 1. The lowest BCUT2D eigenvalue weighted by Gasteiger charge is -2.29. The fourth-order valence-electron chi connectivity index (χ4n) is 2.07. The van der Waals surface area contributed by atoms with Crippen LogP contribution in [0.25, 0.3) is 0 Å². The number of carbonyl (C=O) groups is 3. The Balaban J connectivity index is 1.96. The summed E-state index contributed by atoms with van der Waals surface area (Å²) in [5, 5.41) is 13.4. The molecule has 1 aromatic rings. The molecule has 0 saturated carbocycles. The zero-order valence-electron chi connectivity index (χ0n) is 11.0. The smallest absolute Gasteiger partial charge is 0.306 e. The normalized spacial score (nSPS) is 15.9. The highest BCUT2D eigenvalue weighted by Crippen LogP contribution is 2.21. The Hall–Kier alpha value is -1.96. The number of rotatable bonds is 3. The summed E-state index contributed by atoms with van der Waals surface area (Å²) < 4.78 is 0. The Morgan fingerprint density at radius 3 is 2.60 bits per heavy atom. The Labute approximate surface area is 119 Å². The molecular weight excluding hydrogens is 282 g/mol. The van der Waals surface area contributed by atoms with Crippen LogP contribution >= 0.6 is 11.3 Å². The van der Waals surface area contributed by atoms with Crippen LogP contribution in [0.5, 0.6) is 0 Å². The molecule has 0 bridgehead atoms. The molecule has 8 heteroatoms. The Bertz CT molecular complexity index is 535. The van der Waals surface area contributed by atoms with E-state index in [-0.39, 0.29) is 23.4 Å². The Morgan fingerprint density at radius 2 is 2.05 bits per heavy atom. The molecule has 108 valence electrons. The van der Waals surface area contributed by atoms with Crippen molar-refractivity contribution in [3.05, 3.63) is 11.1 Å². The second-order valence-electron chi connectivity index (χ2n) is 4.62. The summed E-state index contributed by atoms with van der Waals surface area (Å²) in [5.41, 5.74) is 0.285. The van der Waals surface area contributed by atoms with Crippen molar-refractivity contribution in [2.75, 3.05) is 18.4 Å². The quantitative estimate of drug-likeness (QED) is 0.868. The minimum atomic E-state index is -0.807. The number of amides is 2. The number of hydrogen-bond acceptors (Lipinski definition) is 5. The molecule has 0 unspecified atom stereocenters. The van der Waals surface area contributed by atoms with Crippen molar-refractivity contribution in [3.8, 4) is 0 Å². The molecule has 0 aliphatic carbocycles. The van der Waals surface area contributed by atoms with Gasteiger partial charge in [-0.1, -0.05) is 0 Å². The lowest BCUT2D eigenvalue weighted by atomic mass is 9.97. The van der Waals surface area contributed by atoms with E-state index in [9.17, 15) is 14.4 Å². The Kier molecular flexibility index (Phi) is 4.33. The number of likely N-dealkylation sites (tertiary alicyclic amines) is 1. The molecule has 7 nitrogen and oxygen atoms in total. The molecule has 0 atom stereocenters. The van der Waals surface area contributed by atoms with E-state index in [0.717, 1.165) is 0 Å². The second-order valence-corrected chi connectivity index (χ2v) is 5.48. The van der Waals surface area contributed by atoms with Gasteiger partial charge in [0.1, 0.15) is 5.69 Å². The summed E-state index contributed by atoms with van der Waals surface area (Å²) in [6.45, 7) is 2.21. The third-order valence-corrected chi connectivity index (χ3v) is 3.90. The van der Waals surface area contributed by atoms with Gasteiger partial charge < -0.3 is 15.3 Å². The predicted molar refractivity (Wildman–Crippen MR) is 72.7 cm³/mol. The second kappa shape index (κ2) is 6.00. The molecule has 1 aliphatic heterocycles. The zero-order chi connectivity index (χ0) is 14.7. The van der Waals surface area contributed by atoms with E-state index >= 15 is 0 Å². The molecule has 2 heterocycles. The van der Waals surface area contributed by atoms with E-state index in [1.54, 1.807) is 10.3 Å². The SMILES string of the molecule is CC(=O)Nc1nc(C(=O)N2CCC(C(=O)O)CC2)cs1. The fourth-order valence-corrected chi connectivity index (χ4v) is 2.80. The van der Waals surface area contributed by atoms with Gasteiger partial charge in [0.05, 0.1) is 5.92 Å². The average Bonchev–Trinajstić information content (AvgIpc) is 2.85.